The van der Waals surface area contributed by atoms with Gasteiger partial charge in [-0.2, -0.15) is 8.78 Å². The molecule has 1 unspecified atom stereocenters. The van der Waals surface area contributed by atoms with Gasteiger partial charge in [-0.05, 0) is 5.41 Å². The van der Waals surface area contributed by atoms with E-state index in [9.17, 15) is 8.78 Å². The van der Waals surface area contributed by atoms with Crippen LogP contribution in [0.4, 0.5) is 8.78 Å². The van der Waals surface area contributed by atoms with Crippen molar-refractivity contribution in [2.24, 2.45) is 11.1 Å². The topological polar surface area (TPSA) is 35.2 Å². The molecule has 0 bridgehead atoms. The third-order valence-corrected chi connectivity index (χ3v) is 1.45. The lowest BCUT2D eigenvalue weighted by molar-refractivity contribution is -0.184. The molecule has 2 N–H and O–H groups in total. The molecule has 0 aromatic carbocycles. The number of hydrogen-bond acceptors (Lipinski definition) is 2. The van der Waals surface area contributed by atoms with Crippen molar-refractivity contribution in [3.8, 4) is 0 Å². The van der Waals surface area contributed by atoms with Crippen molar-refractivity contribution in [1.29, 1.82) is 0 Å². The first-order valence-electron chi connectivity index (χ1n) is 3.51. The molecule has 0 rings (SSSR count). The van der Waals surface area contributed by atoms with E-state index in [2.05, 4.69) is 4.74 Å². The second kappa shape index (κ2) is 3.97. The molecule has 0 saturated carbocycles. The smallest absolute Gasteiger partial charge is 0.328 e. The summed E-state index contributed by atoms with van der Waals surface area (Å²) in [5, 5.41) is 0. The lowest BCUT2D eigenvalue weighted by Crippen LogP contribution is -2.37. The number of ether oxygens (including phenoxy) is 1. The fourth-order valence-corrected chi connectivity index (χ4v) is 0.737. The third-order valence-electron chi connectivity index (χ3n) is 1.45. The molecule has 0 amide bonds. The molecule has 68 valence electrons. The summed E-state index contributed by atoms with van der Waals surface area (Å²) >= 11 is 0. The molecule has 4 heteroatoms. The molecule has 1 atom stereocenters. The van der Waals surface area contributed by atoms with E-state index in [1.165, 1.54) is 0 Å². The van der Waals surface area contributed by atoms with Gasteiger partial charge in [-0.1, -0.05) is 20.8 Å². The fraction of sp³-hybridized carbons (Fsp3) is 1.00. The average Bonchev–Trinajstić information content (AvgIpc) is 1.79. The monoisotopic (exact) mass is 167 g/mol. The van der Waals surface area contributed by atoms with Crippen LogP contribution in [0, 0.1) is 5.41 Å². The average molecular weight is 167 g/mol. The van der Waals surface area contributed by atoms with Crippen LogP contribution in [-0.4, -0.2) is 19.3 Å². The number of nitrogens with two attached hydrogens (primary N) is 1. The van der Waals surface area contributed by atoms with Crippen molar-refractivity contribution in [3.63, 3.8) is 0 Å². The Balaban J connectivity index is 3.96. The van der Waals surface area contributed by atoms with Gasteiger partial charge in [0.05, 0.1) is 6.10 Å². The molecule has 0 fully saturated rings. The summed E-state index contributed by atoms with van der Waals surface area (Å²) in [5.41, 5.74) is 4.92. The molecular formula is C7H15F2NO. The van der Waals surface area contributed by atoms with Crippen molar-refractivity contribution in [2.45, 2.75) is 33.5 Å². The van der Waals surface area contributed by atoms with Crippen LogP contribution >= 0.6 is 0 Å². The predicted molar refractivity (Wildman–Crippen MR) is 39.4 cm³/mol. The van der Waals surface area contributed by atoms with Crippen LogP contribution in [0.1, 0.15) is 20.8 Å². The maximum absolute atomic E-state index is 11.7. The standard InChI is InChI=1S/C7H15F2NO/c1-7(2,3)5(4-10)11-6(8)9/h5-6H,4,10H2,1-3H3. The second-order valence-electron chi connectivity index (χ2n) is 3.49. The Bertz CT molecular complexity index is 111. The summed E-state index contributed by atoms with van der Waals surface area (Å²) in [4.78, 5) is 0. The highest BCUT2D eigenvalue weighted by Crippen LogP contribution is 2.22. The Kier molecular flexibility index (Phi) is 3.89. The van der Waals surface area contributed by atoms with E-state index in [0.717, 1.165) is 0 Å². The lowest BCUT2D eigenvalue weighted by atomic mass is 9.89. The van der Waals surface area contributed by atoms with Crippen LogP contribution in [0.5, 0.6) is 0 Å². The van der Waals surface area contributed by atoms with Crippen molar-refractivity contribution in [1.82, 2.24) is 0 Å². The summed E-state index contributed by atoms with van der Waals surface area (Å²) in [6, 6.07) is 0. The number of hydrogen-bond donors (Lipinski definition) is 1. The van der Waals surface area contributed by atoms with Gasteiger partial charge in [0.2, 0.25) is 0 Å². The summed E-state index contributed by atoms with van der Waals surface area (Å²) < 4.78 is 27.8. The van der Waals surface area contributed by atoms with Crippen molar-refractivity contribution in [3.05, 3.63) is 0 Å². The van der Waals surface area contributed by atoms with Crippen LogP contribution < -0.4 is 5.73 Å². The van der Waals surface area contributed by atoms with Crippen LogP contribution in [0.3, 0.4) is 0 Å². The Labute approximate surface area is 65.7 Å². The Morgan fingerprint density at radius 3 is 1.91 bits per heavy atom. The van der Waals surface area contributed by atoms with E-state index in [-0.39, 0.29) is 12.0 Å². The van der Waals surface area contributed by atoms with Gasteiger partial charge >= 0.3 is 6.61 Å². The normalized spacial score (nSPS) is 15.5. The molecule has 0 aromatic rings. The second-order valence-corrected chi connectivity index (χ2v) is 3.49. The highest BCUT2D eigenvalue weighted by Gasteiger charge is 2.26. The quantitative estimate of drug-likeness (QED) is 0.692. The SMILES string of the molecule is CC(C)(C)C(CN)OC(F)F. The first-order valence-corrected chi connectivity index (χ1v) is 3.51. The third kappa shape index (κ3) is 4.27. The highest BCUT2D eigenvalue weighted by atomic mass is 19.3. The maximum atomic E-state index is 11.7. The van der Waals surface area contributed by atoms with Crippen molar-refractivity contribution < 1.29 is 13.5 Å². The summed E-state index contributed by atoms with van der Waals surface area (Å²) in [6.45, 7) is 2.82. The lowest BCUT2D eigenvalue weighted by Gasteiger charge is -2.28. The molecule has 0 spiro atoms. The van der Waals surface area contributed by atoms with Gasteiger partial charge in [0.1, 0.15) is 0 Å². The molecule has 0 aromatic heterocycles. The van der Waals surface area contributed by atoms with E-state index < -0.39 is 12.7 Å². The van der Waals surface area contributed by atoms with Crippen molar-refractivity contribution >= 4 is 0 Å². The van der Waals surface area contributed by atoms with E-state index >= 15 is 0 Å². The van der Waals surface area contributed by atoms with Gasteiger partial charge in [-0.15, -0.1) is 0 Å². The Hall–Kier alpha value is -0.220. The molecule has 0 radical (unpaired) electrons. The number of halogens is 2. The largest absolute Gasteiger partial charge is 0.345 e. The van der Waals surface area contributed by atoms with Crippen LogP contribution in [0.15, 0.2) is 0 Å². The minimum absolute atomic E-state index is 0.119. The first-order chi connectivity index (χ1) is 4.88. The Morgan fingerprint density at radius 2 is 1.82 bits per heavy atom. The van der Waals surface area contributed by atoms with Crippen LogP contribution in [-0.2, 0) is 4.74 Å². The molecule has 0 heterocycles. The predicted octanol–water partition coefficient (Wildman–Crippen LogP) is 1.60. The van der Waals surface area contributed by atoms with E-state index in [4.69, 9.17) is 5.73 Å². The summed E-state index contributed by atoms with van der Waals surface area (Å²) in [6.07, 6.45) is -0.581. The summed E-state index contributed by atoms with van der Waals surface area (Å²) in [5.74, 6) is 0. The van der Waals surface area contributed by atoms with Gasteiger partial charge in [0.25, 0.3) is 0 Å². The molecule has 0 aliphatic heterocycles. The molecule has 2 nitrogen and oxygen atoms in total. The fourth-order valence-electron chi connectivity index (χ4n) is 0.737. The number of rotatable bonds is 3. The van der Waals surface area contributed by atoms with Gasteiger partial charge in [-0.25, -0.2) is 0 Å². The molecule has 0 saturated heterocycles. The van der Waals surface area contributed by atoms with Gasteiger partial charge < -0.3 is 10.5 Å². The van der Waals surface area contributed by atoms with Crippen LogP contribution in [0.25, 0.3) is 0 Å². The van der Waals surface area contributed by atoms with E-state index in [1.807, 2.05) is 20.8 Å². The zero-order valence-corrected chi connectivity index (χ0v) is 7.10. The highest BCUT2D eigenvalue weighted by molar-refractivity contribution is 4.74. The minimum atomic E-state index is -2.73. The van der Waals surface area contributed by atoms with Gasteiger partial charge in [0.15, 0.2) is 0 Å². The zero-order valence-electron chi connectivity index (χ0n) is 7.10. The molecule has 11 heavy (non-hydrogen) atoms. The molecule has 0 aliphatic carbocycles. The maximum Gasteiger partial charge on any atom is 0.345 e. The van der Waals surface area contributed by atoms with Gasteiger partial charge in [0, 0.05) is 6.54 Å². The molecule has 0 aliphatic rings. The van der Waals surface area contributed by atoms with E-state index in [0.29, 0.717) is 0 Å². The van der Waals surface area contributed by atoms with Crippen LogP contribution in [0.2, 0.25) is 0 Å². The van der Waals surface area contributed by atoms with Gasteiger partial charge in [-0.3, -0.25) is 0 Å². The zero-order chi connectivity index (χ0) is 9.07. The number of alkyl halides is 2. The minimum Gasteiger partial charge on any atom is -0.328 e. The van der Waals surface area contributed by atoms with Crippen molar-refractivity contribution in [2.75, 3.05) is 6.54 Å². The van der Waals surface area contributed by atoms with E-state index in [1.54, 1.807) is 0 Å². The Morgan fingerprint density at radius 1 is 1.36 bits per heavy atom. The summed E-state index contributed by atoms with van der Waals surface area (Å²) in [7, 11) is 0. The first kappa shape index (κ1) is 10.8. The molecular weight excluding hydrogens is 152 g/mol.